The Hall–Kier alpha value is -2.76. The minimum absolute atomic E-state index is 0.393. The van der Waals surface area contributed by atoms with Crippen molar-refractivity contribution in [2.24, 2.45) is 5.10 Å². The maximum Gasteiger partial charge on any atom is 0.339 e. The molecule has 2 aromatic rings. The van der Waals surface area contributed by atoms with E-state index >= 15 is 0 Å². The second-order valence-corrected chi connectivity index (χ2v) is 5.01. The summed E-state index contributed by atoms with van der Waals surface area (Å²) in [6.45, 7) is 4.19. The number of anilines is 1. The number of carbonyl (C=O) groups excluding carboxylic acids is 1. The summed E-state index contributed by atoms with van der Waals surface area (Å²) in [6, 6.07) is 9.07. The summed E-state index contributed by atoms with van der Waals surface area (Å²) in [6.07, 6.45) is 5.54. The van der Waals surface area contributed by atoms with Crippen molar-refractivity contribution in [2.75, 3.05) is 12.4 Å². The Labute approximate surface area is 129 Å². The average molecular weight is 300 g/mol. The molecule has 2 rings (SSSR count). The van der Waals surface area contributed by atoms with Gasteiger partial charge in [0.25, 0.3) is 0 Å². The molecule has 2 N–H and O–H groups in total. The molecule has 1 aromatic heterocycles. The molecule has 1 heterocycles. The lowest BCUT2D eigenvalue weighted by atomic mass is 10.3. The van der Waals surface area contributed by atoms with Gasteiger partial charge in [0.05, 0.1) is 19.0 Å². The highest BCUT2D eigenvalue weighted by Crippen LogP contribution is 2.22. The number of hydrazone groups is 1. The first kappa shape index (κ1) is 15.6. The van der Waals surface area contributed by atoms with Crippen LogP contribution in [0.3, 0.4) is 0 Å². The lowest BCUT2D eigenvalue weighted by molar-refractivity contribution is 0.252. The molecule has 0 unspecified atom stereocenters. The Morgan fingerprint density at radius 1 is 1.32 bits per heavy atom. The topological polar surface area (TPSA) is 67.7 Å². The number of methoxy groups -OCH3 is 1. The van der Waals surface area contributed by atoms with E-state index in [9.17, 15) is 4.79 Å². The molecule has 22 heavy (non-hydrogen) atoms. The number of amides is 2. The van der Waals surface area contributed by atoms with Gasteiger partial charge in [0.2, 0.25) is 0 Å². The molecule has 116 valence electrons. The molecule has 0 fully saturated rings. The molecular formula is C16H20N4O2. The van der Waals surface area contributed by atoms with Gasteiger partial charge in [-0.05, 0) is 32.0 Å². The molecule has 0 saturated carbocycles. The number of ether oxygens (including phenoxy) is 1. The number of nitrogens with one attached hydrogen (secondary N) is 2. The zero-order chi connectivity index (χ0) is 15.9. The van der Waals surface area contributed by atoms with E-state index in [0.29, 0.717) is 17.5 Å². The molecule has 0 atom stereocenters. The van der Waals surface area contributed by atoms with Crippen molar-refractivity contribution >= 4 is 17.9 Å². The van der Waals surface area contributed by atoms with Gasteiger partial charge >= 0.3 is 6.03 Å². The van der Waals surface area contributed by atoms with E-state index in [0.717, 1.165) is 5.56 Å². The molecule has 0 spiro atoms. The first-order valence-electron chi connectivity index (χ1n) is 7.00. The van der Waals surface area contributed by atoms with Crippen molar-refractivity contribution in [1.82, 2.24) is 9.99 Å². The number of hydrogen-bond donors (Lipinski definition) is 2. The van der Waals surface area contributed by atoms with Gasteiger partial charge in [0.1, 0.15) is 5.75 Å². The highest BCUT2D eigenvalue weighted by molar-refractivity contribution is 5.91. The van der Waals surface area contributed by atoms with Crippen molar-refractivity contribution in [3.63, 3.8) is 0 Å². The summed E-state index contributed by atoms with van der Waals surface area (Å²) in [5, 5.41) is 6.60. The van der Waals surface area contributed by atoms with Gasteiger partial charge in [-0.25, -0.2) is 10.2 Å². The Balaban J connectivity index is 1.90. The largest absolute Gasteiger partial charge is 0.495 e. The lowest BCUT2D eigenvalue weighted by Crippen LogP contribution is -2.24. The fraction of sp³-hybridized carbons (Fsp3) is 0.250. The number of nitrogens with zero attached hydrogens (tertiary/aromatic N) is 2. The summed E-state index contributed by atoms with van der Waals surface area (Å²) in [5.74, 6) is 0.593. The minimum atomic E-state index is -0.427. The summed E-state index contributed by atoms with van der Waals surface area (Å²) in [7, 11) is 1.55. The van der Waals surface area contributed by atoms with Gasteiger partial charge in [-0.3, -0.25) is 0 Å². The Morgan fingerprint density at radius 3 is 2.77 bits per heavy atom. The molecule has 0 aliphatic carbocycles. The molecule has 0 aliphatic rings. The van der Waals surface area contributed by atoms with Crippen LogP contribution in [0, 0.1) is 0 Å². The van der Waals surface area contributed by atoms with Gasteiger partial charge in [0, 0.05) is 24.0 Å². The number of hydrogen-bond acceptors (Lipinski definition) is 3. The standard InChI is InChI=1S/C16H20N4O2/c1-12(2)20-9-8-13(11-20)10-17-19-16(21)18-14-6-4-5-7-15(14)22-3/h4-12H,1-3H3,(H2,18,19,21)/b17-10+. The minimum Gasteiger partial charge on any atom is -0.495 e. The Kier molecular flexibility index (Phi) is 5.19. The van der Waals surface area contributed by atoms with Crippen molar-refractivity contribution in [1.29, 1.82) is 0 Å². The van der Waals surface area contributed by atoms with Crippen molar-refractivity contribution in [2.45, 2.75) is 19.9 Å². The number of para-hydroxylation sites is 2. The van der Waals surface area contributed by atoms with Gasteiger partial charge < -0.3 is 14.6 Å². The highest BCUT2D eigenvalue weighted by atomic mass is 16.5. The van der Waals surface area contributed by atoms with Crippen LogP contribution in [0.2, 0.25) is 0 Å². The SMILES string of the molecule is COc1ccccc1NC(=O)N/N=C/c1ccn(C(C)C)c1. The summed E-state index contributed by atoms with van der Waals surface area (Å²) in [5.41, 5.74) is 3.93. The average Bonchev–Trinajstić information content (AvgIpc) is 2.97. The van der Waals surface area contributed by atoms with E-state index in [1.807, 2.05) is 30.6 Å². The van der Waals surface area contributed by atoms with Crippen LogP contribution in [0.15, 0.2) is 47.8 Å². The molecule has 6 heteroatoms. The molecule has 1 aromatic carbocycles. The van der Waals surface area contributed by atoms with E-state index in [2.05, 4.69) is 34.3 Å². The third-order valence-corrected chi connectivity index (χ3v) is 3.07. The zero-order valence-electron chi connectivity index (χ0n) is 12.9. The molecule has 0 aliphatic heterocycles. The molecule has 6 nitrogen and oxygen atoms in total. The number of urea groups is 1. The molecule has 2 amide bonds. The van der Waals surface area contributed by atoms with E-state index in [4.69, 9.17) is 4.74 Å². The van der Waals surface area contributed by atoms with Crippen LogP contribution >= 0.6 is 0 Å². The maximum absolute atomic E-state index is 11.8. The molecule has 0 radical (unpaired) electrons. The summed E-state index contributed by atoms with van der Waals surface area (Å²) in [4.78, 5) is 11.8. The first-order valence-corrected chi connectivity index (χ1v) is 7.00. The molecule has 0 bridgehead atoms. The third kappa shape index (κ3) is 4.12. The molecule has 0 saturated heterocycles. The second kappa shape index (κ2) is 7.31. The highest BCUT2D eigenvalue weighted by Gasteiger charge is 2.05. The number of benzene rings is 1. The van der Waals surface area contributed by atoms with Crippen LogP contribution in [-0.4, -0.2) is 23.9 Å². The van der Waals surface area contributed by atoms with Crippen molar-refractivity contribution in [3.05, 3.63) is 48.3 Å². The lowest BCUT2D eigenvalue weighted by Gasteiger charge is -2.08. The van der Waals surface area contributed by atoms with Crippen LogP contribution in [0.5, 0.6) is 5.75 Å². The Bertz CT molecular complexity index is 662. The van der Waals surface area contributed by atoms with Crippen molar-refractivity contribution in [3.8, 4) is 5.75 Å². The first-order chi connectivity index (χ1) is 10.6. The number of rotatable bonds is 5. The van der Waals surface area contributed by atoms with E-state index in [1.54, 1.807) is 25.5 Å². The Morgan fingerprint density at radius 2 is 2.09 bits per heavy atom. The maximum atomic E-state index is 11.8. The third-order valence-electron chi connectivity index (χ3n) is 3.07. The van der Waals surface area contributed by atoms with Gasteiger partial charge in [-0.15, -0.1) is 0 Å². The predicted octanol–water partition coefficient (Wildman–Crippen LogP) is 3.23. The quantitative estimate of drug-likeness (QED) is 0.657. The summed E-state index contributed by atoms with van der Waals surface area (Å²) >= 11 is 0. The van der Waals surface area contributed by atoms with E-state index < -0.39 is 6.03 Å². The van der Waals surface area contributed by atoms with Crippen LogP contribution in [-0.2, 0) is 0 Å². The van der Waals surface area contributed by atoms with Crippen LogP contribution in [0.1, 0.15) is 25.5 Å². The van der Waals surface area contributed by atoms with Gasteiger partial charge in [-0.1, -0.05) is 12.1 Å². The van der Waals surface area contributed by atoms with Gasteiger partial charge in [-0.2, -0.15) is 5.10 Å². The number of aromatic nitrogens is 1. The van der Waals surface area contributed by atoms with E-state index in [-0.39, 0.29) is 0 Å². The fourth-order valence-electron chi connectivity index (χ4n) is 1.89. The van der Waals surface area contributed by atoms with Crippen molar-refractivity contribution < 1.29 is 9.53 Å². The normalized spacial score (nSPS) is 10.9. The summed E-state index contributed by atoms with van der Waals surface area (Å²) < 4.78 is 7.23. The van der Waals surface area contributed by atoms with Crippen LogP contribution < -0.4 is 15.5 Å². The van der Waals surface area contributed by atoms with Gasteiger partial charge in [0.15, 0.2) is 0 Å². The van der Waals surface area contributed by atoms with Crippen LogP contribution in [0.4, 0.5) is 10.5 Å². The monoisotopic (exact) mass is 300 g/mol. The molecular weight excluding hydrogens is 280 g/mol. The zero-order valence-corrected chi connectivity index (χ0v) is 12.9. The smallest absolute Gasteiger partial charge is 0.339 e. The van der Waals surface area contributed by atoms with Crippen LogP contribution in [0.25, 0.3) is 0 Å². The number of carbonyl (C=O) groups is 1. The predicted molar refractivity (Wildman–Crippen MR) is 87.6 cm³/mol. The fourth-order valence-corrected chi connectivity index (χ4v) is 1.89. The van der Waals surface area contributed by atoms with E-state index in [1.165, 1.54) is 0 Å². The second-order valence-electron chi connectivity index (χ2n) is 5.01.